The number of rotatable bonds is 2. The molecule has 0 saturated heterocycles. The highest BCUT2D eigenvalue weighted by Crippen LogP contribution is 2.31. The average molecular weight is 322 g/mol. The molecule has 22 heavy (non-hydrogen) atoms. The van der Waals surface area contributed by atoms with Gasteiger partial charge in [-0.1, -0.05) is 11.6 Å². The van der Waals surface area contributed by atoms with Crippen LogP contribution in [0.2, 0.25) is 5.02 Å². The zero-order chi connectivity index (χ0) is 16.4. The topological polar surface area (TPSA) is 59.6 Å². The van der Waals surface area contributed by atoms with Gasteiger partial charge in [-0.15, -0.1) is 0 Å². The standard InChI is InChI=1S/C15H7ClF3N3/c1-7-4-8(2-3-11(7)16)22-15-10(6-21)12(17)9(5-20)13(18)14(15)19/h2-4,22H,1H3. The summed E-state index contributed by atoms with van der Waals surface area (Å²) in [4.78, 5) is 0. The molecule has 0 unspecified atom stereocenters. The second-order valence-electron chi connectivity index (χ2n) is 4.38. The van der Waals surface area contributed by atoms with E-state index in [9.17, 15) is 13.2 Å². The van der Waals surface area contributed by atoms with E-state index in [4.69, 9.17) is 22.1 Å². The van der Waals surface area contributed by atoms with Gasteiger partial charge in [-0.2, -0.15) is 10.5 Å². The number of anilines is 2. The van der Waals surface area contributed by atoms with Crippen molar-refractivity contribution < 1.29 is 13.2 Å². The minimum Gasteiger partial charge on any atom is -0.352 e. The normalized spacial score (nSPS) is 9.95. The van der Waals surface area contributed by atoms with E-state index in [0.29, 0.717) is 16.3 Å². The molecule has 0 aromatic heterocycles. The molecule has 0 amide bonds. The van der Waals surface area contributed by atoms with Crippen LogP contribution < -0.4 is 5.32 Å². The van der Waals surface area contributed by atoms with Crippen LogP contribution in [-0.4, -0.2) is 0 Å². The molecule has 0 spiro atoms. The fraction of sp³-hybridized carbons (Fsp3) is 0.0667. The Bertz CT molecular complexity index is 851. The molecule has 0 heterocycles. The van der Waals surface area contributed by atoms with Crippen molar-refractivity contribution in [2.24, 2.45) is 0 Å². The van der Waals surface area contributed by atoms with Gasteiger partial charge in [-0.05, 0) is 30.7 Å². The zero-order valence-corrected chi connectivity index (χ0v) is 11.9. The number of hydrogen-bond donors (Lipinski definition) is 1. The highest BCUT2D eigenvalue weighted by molar-refractivity contribution is 6.31. The summed E-state index contributed by atoms with van der Waals surface area (Å²) in [5.41, 5.74) is -1.63. The SMILES string of the molecule is Cc1cc(Nc2c(F)c(F)c(C#N)c(F)c2C#N)ccc1Cl. The maximum Gasteiger partial charge on any atom is 0.185 e. The van der Waals surface area contributed by atoms with Gasteiger partial charge in [0, 0.05) is 10.7 Å². The summed E-state index contributed by atoms with van der Waals surface area (Å²) in [6.07, 6.45) is 0. The second-order valence-corrected chi connectivity index (χ2v) is 4.79. The van der Waals surface area contributed by atoms with Gasteiger partial charge in [0.25, 0.3) is 0 Å². The highest BCUT2D eigenvalue weighted by atomic mass is 35.5. The van der Waals surface area contributed by atoms with Gasteiger partial charge in [0.15, 0.2) is 17.5 Å². The van der Waals surface area contributed by atoms with Crippen molar-refractivity contribution in [1.82, 2.24) is 0 Å². The first kappa shape index (κ1) is 15.7. The number of nitrogens with zero attached hydrogens (tertiary/aromatic N) is 2. The molecule has 2 aromatic rings. The van der Waals surface area contributed by atoms with Gasteiger partial charge in [-0.3, -0.25) is 0 Å². The number of halogens is 4. The fourth-order valence-electron chi connectivity index (χ4n) is 1.85. The smallest absolute Gasteiger partial charge is 0.185 e. The third kappa shape index (κ3) is 2.57. The quantitative estimate of drug-likeness (QED) is 0.825. The molecule has 0 radical (unpaired) electrons. The maximum absolute atomic E-state index is 14.0. The van der Waals surface area contributed by atoms with E-state index in [1.807, 2.05) is 0 Å². The van der Waals surface area contributed by atoms with Crippen molar-refractivity contribution in [3.63, 3.8) is 0 Å². The molecule has 2 aromatic carbocycles. The minimum absolute atomic E-state index is 0.292. The molecule has 0 fully saturated rings. The predicted octanol–water partition coefficient (Wildman–Crippen LogP) is 4.55. The molecule has 0 saturated carbocycles. The molecule has 110 valence electrons. The molecule has 3 nitrogen and oxygen atoms in total. The largest absolute Gasteiger partial charge is 0.352 e. The van der Waals surface area contributed by atoms with E-state index in [1.165, 1.54) is 30.3 Å². The Balaban J connectivity index is 2.63. The van der Waals surface area contributed by atoms with Crippen molar-refractivity contribution >= 4 is 23.0 Å². The summed E-state index contributed by atoms with van der Waals surface area (Å²) in [6, 6.07) is 7.13. The van der Waals surface area contributed by atoms with Crippen molar-refractivity contribution in [3.8, 4) is 12.1 Å². The molecule has 0 aliphatic carbocycles. The van der Waals surface area contributed by atoms with Gasteiger partial charge in [0.05, 0.1) is 5.69 Å². The lowest BCUT2D eigenvalue weighted by Crippen LogP contribution is -2.06. The predicted molar refractivity (Wildman–Crippen MR) is 75.2 cm³/mol. The molecule has 0 aliphatic heterocycles. The molecule has 0 aliphatic rings. The van der Waals surface area contributed by atoms with Crippen LogP contribution in [0, 0.1) is 47.0 Å². The Morgan fingerprint density at radius 1 is 1.00 bits per heavy atom. The van der Waals surface area contributed by atoms with Crippen molar-refractivity contribution in [2.45, 2.75) is 6.92 Å². The summed E-state index contributed by atoms with van der Waals surface area (Å²) in [7, 11) is 0. The first-order valence-electron chi connectivity index (χ1n) is 5.94. The van der Waals surface area contributed by atoms with Crippen LogP contribution in [0.3, 0.4) is 0 Å². The Labute approximate surface area is 129 Å². The summed E-state index contributed by atoms with van der Waals surface area (Å²) < 4.78 is 41.6. The summed E-state index contributed by atoms with van der Waals surface area (Å²) >= 11 is 5.85. The number of benzene rings is 2. The van der Waals surface area contributed by atoms with E-state index >= 15 is 0 Å². The molecular formula is C15H7ClF3N3. The summed E-state index contributed by atoms with van der Waals surface area (Å²) in [6.45, 7) is 1.69. The first-order chi connectivity index (χ1) is 10.4. The van der Waals surface area contributed by atoms with Crippen LogP contribution in [-0.2, 0) is 0 Å². The number of aryl methyl sites for hydroxylation is 1. The van der Waals surface area contributed by atoms with E-state index in [2.05, 4.69) is 5.32 Å². The Morgan fingerprint density at radius 2 is 1.64 bits per heavy atom. The molecule has 2 rings (SSSR count). The van der Waals surface area contributed by atoms with Gasteiger partial charge >= 0.3 is 0 Å². The maximum atomic E-state index is 14.0. The van der Waals surface area contributed by atoms with Gasteiger partial charge in [-0.25, -0.2) is 13.2 Å². The fourth-order valence-corrected chi connectivity index (χ4v) is 1.97. The lowest BCUT2D eigenvalue weighted by Gasteiger charge is -2.12. The van der Waals surface area contributed by atoms with Crippen molar-refractivity contribution in [2.75, 3.05) is 5.32 Å². The van der Waals surface area contributed by atoms with E-state index in [0.717, 1.165) is 0 Å². The van der Waals surface area contributed by atoms with E-state index in [-0.39, 0.29) is 0 Å². The van der Waals surface area contributed by atoms with Crippen LogP contribution in [0.1, 0.15) is 16.7 Å². The average Bonchev–Trinajstić information content (AvgIpc) is 2.49. The van der Waals surface area contributed by atoms with Crippen LogP contribution >= 0.6 is 11.6 Å². The number of nitrogens with one attached hydrogen (secondary N) is 1. The molecule has 0 atom stereocenters. The Hall–Kier alpha value is -2.70. The first-order valence-corrected chi connectivity index (χ1v) is 6.32. The van der Waals surface area contributed by atoms with Crippen molar-refractivity contribution in [1.29, 1.82) is 10.5 Å². The number of nitriles is 2. The van der Waals surface area contributed by atoms with Crippen LogP contribution in [0.15, 0.2) is 18.2 Å². The van der Waals surface area contributed by atoms with Gasteiger partial charge in [0.2, 0.25) is 0 Å². The Morgan fingerprint density at radius 3 is 2.18 bits per heavy atom. The second kappa shape index (κ2) is 5.97. The third-order valence-corrected chi connectivity index (χ3v) is 3.40. The van der Waals surface area contributed by atoms with Crippen molar-refractivity contribution in [3.05, 3.63) is 57.4 Å². The van der Waals surface area contributed by atoms with Crippen LogP contribution in [0.25, 0.3) is 0 Å². The lowest BCUT2D eigenvalue weighted by atomic mass is 10.1. The minimum atomic E-state index is -1.65. The molecule has 0 bridgehead atoms. The summed E-state index contributed by atoms with van der Waals surface area (Å²) in [5, 5.41) is 20.5. The summed E-state index contributed by atoms with van der Waals surface area (Å²) in [5.74, 6) is -4.55. The van der Waals surface area contributed by atoms with Gasteiger partial charge in [0.1, 0.15) is 23.3 Å². The molecular weight excluding hydrogens is 315 g/mol. The molecule has 1 N–H and O–H groups in total. The van der Waals surface area contributed by atoms with E-state index in [1.54, 1.807) is 6.92 Å². The third-order valence-electron chi connectivity index (χ3n) is 2.97. The number of hydrogen-bond acceptors (Lipinski definition) is 3. The monoisotopic (exact) mass is 321 g/mol. The highest BCUT2D eigenvalue weighted by Gasteiger charge is 2.25. The van der Waals surface area contributed by atoms with Crippen LogP contribution in [0.4, 0.5) is 24.5 Å². The molecule has 7 heteroatoms. The Kier molecular flexibility index (Phi) is 4.25. The van der Waals surface area contributed by atoms with Gasteiger partial charge < -0.3 is 5.32 Å². The van der Waals surface area contributed by atoms with Crippen LogP contribution in [0.5, 0.6) is 0 Å². The van der Waals surface area contributed by atoms with E-state index < -0.39 is 34.3 Å². The zero-order valence-electron chi connectivity index (χ0n) is 11.1. The lowest BCUT2D eigenvalue weighted by molar-refractivity contribution is 0.493.